The second-order valence-electron chi connectivity index (χ2n) is 6.43. The molecule has 3 aliphatic rings. The SMILES string of the molecule is CC1(O)C=CC2(OO1)C(C)(C)CCC1OC12C. The van der Waals surface area contributed by atoms with Gasteiger partial charge in [0.1, 0.15) is 5.60 Å². The Kier molecular flexibility index (Phi) is 2.01. The molecule has 4 atom stereocenters. The summed E-state index contributed by atoms with van der Waals surface area (Å²) >= 11 is 0. The largest absolute Gasteiger partial charge is 0.363 e. The molecule has 1 spiro atoms. The summed E-state index contributed by atoms with van der Waals surface area (Å²) < 4.78 is 5.82. The molecule has 2 fully saturated rings. The van der Waals surface area contributed by atoms with Crippen LogP contribution >= 0.6 is 0 Å². The first kappa shape index (κ1) is 11.7. The molecule has 3 rings (SSSR count). The molecule has 0 radical (unpaired) electrons. The fourth-order valence-electron chi connectivity index (χ4n) is 3.34. The Morgan fingerprint density at radius 3 is 2.41 bits per heavy atom. The summed E-state index contributed by atoms with van der Waals surface area (Å²) in [5.41, 5.74) is -1.02. The summed E-state index contributed by atoms with van der Waals surface area (Å²) in [6.45, 7) is 7.93. The van der Waals surface area contributed by atoms with E-state index in [1.54, 1.807) is 13.0 Å². The number of hydrogen-bond acceptors (Lipinski definition) is 4. The highest BCUT2D eigenvalue weighted by Crippen LogP contribution is 2.63. The van der Waals surface area contributed by atoms with Crippen molar-refractivity contribution in [3.8, 4) is 0 Å². The zero-order valence-corrected chi connectivity index (χ0v) is 10.8. The lowest BCUT2D eigenvalue weighted by Crippen LogP contribution is -2.61. The van der Waals surface area contributed by atoms with Crippen molar-refractivity contribution >= 4 is 0 Å². The Morgan fingerprint density at radius 2 is 1.82 bits per heavy atom. The number of epoxide rings is 1. The van der Waals surface area contributed by atoms with Gasteiger partial charge in [0.15, 0.2) is 5.60 Å². The number of ether oxygens (including phenoxy) is 1. The van der Waals surface area contributed by atoms with Crippen molar-refractivity contribution in [1.29, 1.82) is 0 Å². The predicted octanol–water partition coefficient (Wildman–Crippen LogP) is 1.93. The van der Waals surface area contributed by atoms with Gasteiger partial charge in [-0.05, 0) is 38.8 Å². The molecule has 0 aromatic rings. The highest BCUT2D eigenvalue weighted by Gasteiger charge is 2.75. The van der Waals surface area contributed by atoms with E-state index in [4.69, 9.17) is 14.5 Å². The molecule has 96 valence electrons. The first-order chi connectivity index (χ1) is 7.73. The third-order valence-corrected chi connectivity index (χ3v) is 4.69. The van der Waals surface area contributed by atoms with Crippen LogP contribution in [0.5, 0.6) is 0 Å². The first-order valence-corrected chi connectivity index (χ1v) is 6.20. The minimum absolute atomic E-state index is 0.0816. The van der Waals surface area contributed by atoms with Crippen molar-refractivity contribution in [3.05, 3.63) is 12.2 Å². The van der Waals surface area contributed by atoms with Crippen LogP contribution in [0, 0.1) is 5.41 Å². The molecule has 2 aliphatic heterocycles. The van der Waals surface area contributed by atoms with Gasteiger partial charge in [0.25, 0.3) is 0 Å². The summed E-state index contributed by atoms with van der Waals surface area (Å²) in [6.07, 6.45) is 5.90. The molecule has 1 aliphatic carbocycles. The van der Waals surface area contributed by atoms with E-state index >= 15 is 0 Å². The van der Waals surface area contributed by atoms with Crippen molar-refractivity contribution in [2.75, 3.05) is 0 Å². The van der Waals surface area contributed by atoms with Crippen LogP contribution in [0.1, 0.15) is 40.5 Å². The van der Waals surface area contributed by atoms with E-state index in [0.29, 0.717) is 0 Å². The van der Waals surface area contributed by atoms with Crippen LogP contribution in [-0.2, 0) is 14.5 Å². The molecule has 0 bridgehead atoms. The van der Waals surface area contributed by atoms with Crippen LogP contribution in [0.4, 0.5) is 0 Å². The van der Waals surface area contributed by atoms with Crippen molar-refractivity contribution in [1.82, 2.24) is 0 Å². The average molecular weight is 240 g/mol. The van der Waals surface area contributed by atoms with Crippen LogP contribution in [0.25, 0.3) is 0 Å². The number of rotatable bonds is 0. The molecule has 17 heavy (non-hydrogen) atoms. The molecule has 2 heterocycles. The zero-order chi connectivity index (χ0) is 12.5. The average Bonchev–Trinajstić information content (AvgIpc) is 2.88. The maximum absolute atomic E-state index is 9.77. The molecule has 4 heteroatoms. The summed E-state index contributed by atoms with van der Waals surface area (Å²) in [5.74, 6) is -1.35. The fraction of sp³-hybridized carbons (Fsp3) is 0.846. The van der Waals surface area contributed by atoms with Gasteiger partial charge in [0, 0.05) is 5.41 Å². The number of hydrogen-bond donors (Lipinski definition) is 1. The Morgan fingerprint density at radius 1 is 1.12 bits per heavy atom. The standard InChI is InChI=1S/C13H20O4/c1-10(2)6-5-9-12(4,15-9)13(10)8-7-11(3,14)16-17-13/h7-9,14H,5-6H2,1-4H3. The topological polar surface area (TPSA) is 51.2 Å². The number of fused-ring (bicyclic) bond motifs is 2. The molecule has 0 amide bonds. The second kappa shape index (κ2) is 2.94. The van der Waals surface area contributed by atoms with Gasteiger partial charge in [-0.25, -0.2) is 4.89 Å². The van der Waals surface area contributed by atoms with Gasteiger partial charge >= 0.3 is 0 Å². The van der Waals surface area contributed by atoms with E-state index in [-0.39, 0.29) is 17.1 Å². The first-order valence-electron chi connectivity index (χ1n) is 6.20. The molecular weight excluding hydrogens is 220 g/mol. The predicted molar refractivity (Wildman–Crippen MR) is 61.0 cm³/mol. The van der Waals surface area contributed by atoms with E-state index in [2.05, 4.69) is 20.8 Å². The van der Waals surface area contributed by atoms with Crippen LogP contribution in [0.2, 0.25) is 0 Å². The Labute approximate surface area is 101 Å². The summed E-state index contributed by atoms with van der Waals surface area (Å²) in [6, 6.07) is 0. The molecule has 4 nitrogen and oxygen atoms in total. The van der Waals surface area contributed by atoms with Gasteiger partial charge in [-0.1, -0.05) is 13.8 Å². The van der Waals surface area contributed by atoms with E-state index in [1.165, 1.54) is 0 Å². The lowest BCUT2D eigenvalue weighted by atomic mass is 9.60. The van der Waals surface area contributed by atoms with Crippen LogP contribution < -0.4 is 0 Å². The molecule has 1 saturated carbocycles. The van der Waals surface area contributed by atoms with Crippen molar-refractivity contribution in [2.24, 2.45) is 5.41 Å². The highest BCUT2D eigenvalue weighted by molar-refractivity contribution is 5.30. The molecule has 0 aromatic heterocycles. The van der Waals surface area contributed by atoms with E-state index < -0.39 is 11.4 Å². The smallest absolute Gasteiger partial charge is 0.215 e. The van der Waals surface area contributed by atoms with Gasteiger partial charge in [-0.2, -0.15) is 4.89 Å². The van der Waals surface area contributed by atoms with Crippen LogP contribution in [-0.4, -0.2) is 28.2 Å². The third kappa shape index (κ3) is 1.32. The quantitative estimate of drug-likeness (QED) is 0.399. The minimum atomic E-state index is -1.35. The molecule has 1 N–H and O–H groups in total. The summed E-state index contributed by atoms with van der Waals surface area (Å²) in [7, 11) is 0. The molecule has 1 saturated heterocycles. The molecule has 4 unspecified atom stereocenters. The highest BCUT2D eigenvalue weighted by atomic mass is 17.2. The van der Waals surface area contributed by atoms with E-state index in [0.717, 1.165) is 12.8 Å². The third-order valence-electron chi connectivity index (χ3n) is 4.69. The molecular formula is C13H20O4. The summed E-state index contributed by atoms with van der Waals surface area (Å²) in [4.78, 5) is 10.8. The van der Waals surface area contributed by atoms with Gasteiger partial charge in [-0.3, -0.25) is 0 Å². The maximum atomic E-state index is 9.77. The minimum Gasteiger partial charge on any atom is -0.363 e. The normalized spacial score (nSPS) is 55.7. The van der Waals surface area contributed by atoms with E-state index in [9.17, 15) is 5.11 Å². The van der Waals surface area contributed by atoms with Gasteiger partial charge in [0.05, 0.1) is 6.10 Å². The number of aliphatic hydroxyl groups is 1. The van der Waals surface area contributed by atoms with Crippen molar-refractivity contribution < 1.29 is 19.6 Å². The lowest BCUT2D eigenvalue weighted by Gasteiger charge is -2.51. The van der Waals surface area contributed by atoms with Crippen molar-refractivity contribution in [2.45, 2.75) is 63.6 Å². The van der Waals surface area contributed by atoms with Crippen molar-refractivity contribution in [3.63, 3.8) is 0 Å². The Balaban J connectivity index is 2.04. The Hall–Kier alpha value is -0.420. The Bertz CT molecular complexity index is 380. The molecule has 0 aromatic carbocycles. The van der Waals surface area contributed by atoms with Gasteiger partial charge in [0.2, 0.25) is 5.79 Å². The van der Waals surface area contributed by atoms with Gasteiger partial charge in [-0.15, -0.1) is 0 Å². The zero-order valence-electron chi connectivity index (χ0n) is 10.8. The van der Waals surface area contributed by atoms with Gasteiger partial charge < -0.3 is 9.84 Å². The van der Waals surface area contributed by atoms with Crippen LogP contribution in [0.3, 0.4) is 0 Å². The maximum Gasteiger partial charge on any atom is 0.215 e. The fourth-order valence-corrected chi connectivity index (χ4v) is 3.34. The monoisotopic (exact) mass is 240 g/mol. The second-order valence-corrected chi connectivity index (χ2v) is 6.43. The van der Waals surface area contributed by atoms with E-state index in [1.807, 2.05) is 6.08 Å². The lowest BCUT2D eigenvalue weighted by molar-refractivity contribution is -0.463. The van der Waals surface area contributed by atoms with Crippen LogP contribution in [0.15, 0.2) is 12.2 Å². The summed E-state index contributed by atoms with van der Waals surface area (Å²) in [5, 5.41) is 9.77.